The van der Waals surface area contributed by atoms with Crippen molar-refractivity contribution in [2.24, 2.45) is 0 Å². The summed E-state index contributed by atoms with van der Waals surface area (Å²) in [6.07, 6.45) is 0.891. The lowest BCUT2D eigenvalue weighted by atomic mass is 10.1. The second kappa shape index (κ2) is 5.07. The number of nitrogens with two attached hydrogens (primary N) is 1. The molecule has 21 heavy (non-hydrogen) atoms. The smallest absolute Gasteiger partial charge is 0.287 e. The van der Waals surface area contributed by atoms with Crippen LogP contribution in [-0.2, 0) is 9.84 Å². The highest BCUT2D eigenvalue weighted by Crippen LogP contribution is 2.22. The van der Waals surface area contributed by atoms with Gasteiger partial charge in [-0.15, -0.1) is 0 Å². The van der Waals surface area contributed by atoms with E-state index >= 15 is 0 Å². The molecule has 1 aromatic carbocycles. The highest BCUT2D eigenvalue weighted by molar-refractivity contribution is 7.91. The van der Waals surface area contributed by atoms with Crippen molar-refractivity contribution in [2.75, 3.05) is 17.2 Å². The van der Waals surface area contributed by atoms with Gasteiger partial charge >= 0.3 is 0 Å². The van der Waals surface area contributed by atoms with E-state index in [2.05, 4.69) is 5.32 Å². The number of hydrogen-bond acceptors (Lipinski definition) is 5. The molecule has 0 unspecified atom stereocenters. The maximum absolute atomic E-state index is 12.1. The van der Waals surface area contributed by atoms with E-state index in [1.54, 1.807) is 24.3 Å². The third-order valence-electron chi connectivity index (χ3n) is 3.65. The summed E-state index contributed by atoms with van der Waals surface area (Å²) in [7, 11) is -2.93. The first-order valence-electron chi connectivity index (χ1n) is 6.73. The van der Waals surface area contributed by atoms with Crippen molar-refractivity contribution in [3.63, 3.8) is 0 Å². The summed E-state index contributed by atoms with van der Waals surface area (Å²) in [6.45, 7) is 0. The zero-order valence-corrected chi connectivity index (χ0v) is 12.2. The molecule has 0 aliphatic carbocycles. The van der Waals surface area contributed by atoms with Crippen LogP contribution in [0.2, 0.25) is 0 Å². The topological polar surface area (TPSA) is 102 Å². The zero-order valence-electron chi connectivity index (χ0n) is 11.3. The lowest BCUT2D eigenvalue weighted by molar-refractivity contribution is 0.0908. The van der Waals surface area contributed by atoms with E-state index in [0.29, 0.717) is 24.1 Å². The van der Waals surface area contributed by atoms with Crippen molar-refractivity contribution in [3.8, 4) is 0 Å². The fourth-order valence-electron chi connectivity index (χ4n) is 2.46. The van der Waals surface area contributed by atoms with Crippen LogP contribution in [0.1, 0.15) is 23.4 Å². The maximum atomic E-state index is 12.1. The summed E-state index contributed by atoms with van der Waals surface area (Å²) in [6, 6.07) is 6.68. The van der Waals surface area contributed by atoms with Gasteiger partial charge in [0.15, 0.2) is 5.76 Å². The van der Waals surface area contributed by atoms with Gasteiger partial charge in [-0.1, -0.05) is 0 Å². The molecule has 0 saturated carbocycles. The largest absolute Gasteiger partial charge is 0.451 e. The summed E-state index contributed by atoms with van der Waals surface area (Å²) in [5, 5.41) is 3.59. The Kier molecular flexibility index (Phi) is 3.36. The van der Waals surface area contributed by atoms with Crippen molar-refractivity contribution in [1.29, 1.82) is 0 Å². The minimum absolute atomic E-state index is 0.120. The number of benzene rings is 1. The minimum atomic E-state index is -2.93. The molecule has 1 saturated heterocycles. The van der Waals surface area contributed by atoms with Crippen molar-refractivity contribution < 1.29 is 17.6 Å². The molecule has 1 amide bonds. The monoisotopic (exact) mass is 308 g/mol. The molecule has 1 aromatic heterocycles. The van der Waals surface area contributed by atoms with Crippen molar-refractivity contribution in [2.45, 2.75) is 18.9 Å². The number of hydrogen-bond donors (Lipinski definition) is 2. The molecule has 0 spiro atoms. The predicted octanol–water partition coefficient (Wildman–Crippen LogP) is 1.32. The van der Waals surface area contributed by atoms with Crippen LogP contribution in [0.15, 0.2) is 28.7 Å². The second-order valence-electron chi connectivity index (χ2n) is 5.31. The van der Waals surface area contributed by atoms with Gasteiger partial charge in [0.05, 0.1) is 11.5 Å². The average Bonchev–Trinajstić information content (AvgIpc) is 2.84. The van der Waals surface area contributed by atoms with E-state index in [-0.39, 0.29) is 29.2 Å². The summed E-state index contributed by atoms with van der Waals surface area (Å²) < 4.78 is 28.2. The van der Waals surface area contributed by atoms with E-state index < -0.39 is 9.84 Å². The number of sulfone groups is 1. The highest BCUT2D eigenvalue weighted by Gasteiger charge is 2.25. The summed E-state index contributed by atoms with van der Waals surface area (Å²) >= 11 is 0. The molecule has 0 atom stereocenters. The Morgan fingerprint density at radius 3 is 2.67 bits per heavy atom. The molecular weight excluding hydrogens is 292 g/mol. The molecule has 112 valence electrons. The number of furan rings is 1. The fraction of sp³-hybridized carbons (Fsp3) is 0.357. The Hall–Kier alpha value is -2.02. The number of amides is 1. The molecule has 0 bridgehead atoms. The highest BCUT2D eigenvalue weighted by atomic mass is 32.2. The third kappa shape index (κ3) is 3.02. The molecule has 1 aliphatic heterocycles. The van der Waals surface area contributed by atoms with Gasteiger partial charge in [0.1, 0.15) is 15.4 Å². The van der Waals surface area contributed by atoms with Gasteiger partial charge in [0, 0.05) is 17.1 Å². The normalized spacial score (nSPS) is 18.7. The van der Waals surface area contributed by atoms with Gasteiger partial charge in [0.2, 0.25) is 0 Å². The number of nitrogen functional groups attached to an aromatic ring is 1. The summed E-state index contributed by atoms with van der Waals surface area (Å²) in [5.41, 5.74) is 6.89. The molecule has 7 heteroatoms. The van der Waals surface area contributed by atoms with Gasteiger partial charge in [-0.25, -0.2) is 8.42 Å². The molecule has 2 aromatic rings. The summed E-state index contributed by atoms with van der Waals surface area (Å²) in [4.78, 5) is 12.1. The van der Waals surface area contributed by atoms with Crippen LogP contribution >= 0.6 is 0 Å². The minimum Gasteiger partial charge on any atom is -0.451 e. The molecular formula is C14H16N2O4S. The quantitative estimate of drug-likeness (QED) is 0.815. The molecule has 0 radical (unpaired) electrons. The van der Waals surface area contributed by atoms with E-state index in [9.17, 15) is 13.2 Å². The van der Waals surface area contributed by atoms with Crippen LogP contribution in [0.3, 0.4) is 0 Å². The number of carbonyl (C=O) groups excluding carboxylic acids is 1. The Balaban J connectivity index is 1.72. The van der Waals surface area contributed by atoms with E-state index in [1.807, 2.05) is 0 Å². The van der Waals surface area contributed by atoms with Crippen molar-refractivity contribution >= 4 is 32.4 Å². The molecule has 1 fully saturated rings. The van der Waals surface area contributed by atoms with E-state index in [0.717, 1.165) is 5.39 Å². The van der Waals surface area contributed by atoms with Gasteiger partial charge in [-0.05, 0) is 37.1 Å². The molecule has 3 N–H and O–H groups in total. The van der Waals surface area contributed by atoms with Crippen molar-refractivity contribution in [1.82, 2.24) is 5.32 Å². The lowest BCUT2D eigenvalue weighted by Crippen LogP contribution is -2.40. The Morgan fingerprint density at radius 1 is 1.24 bits per heavy atom. The first kappa shape index (κ1) is 13.9. The van der Waals surface area contributed by atoms with Gasteiger partial charge in [0.25, 0.3) is 5.91 Å². The molecule has 1 aliphatic rings. The van der Waals surface area contributed by atoms with Crippen LogP contribution in [-0.4, -0.2) is 31.9 Å². The SMILES string of the molecule is Nc1ccc2oc(C(=O)NC3CCS(=O)(=O)CC3)cc2c1. The number of carbonyl (C=O) groups is 1. The molecule has 6 nitrogen and oxygen atoms in total. The molecule has 3 rings (SSSR count). The lowest BCUT2D eigenvalue weighted by Gasteiger charge is -2.22. The predicted molar refractivity (Wildman–Crippen MR) is 79.8 cm³/mol. The van der Waals surface area contributed by atoms with Crippen LogP contribution in [0, 0.1) is 0 Å². The number of rotatable bonds is 2. The first-order valence-corrected chi connectivity index (χ1v) is 8.55. The Bertz CT molecular complexity index is 780. The van der Waals surface area contributed by atoms with Crippen LogP contribution in [0.5, 0.6) is 0 Å². The fourth-order valence-corrected chi connectivity index (χ4v) is 3.96. The Morgan fingerprint density at radius 2 is 1.95 bits per heavy atom. The number of fused-ring (bicyclic) bond motifs is 1. The molecule has 2 heterocycles. The average molecular weight is 308 g/mol. The maximum Gasteiger partial charge on any atom is 0.287 e. The third-order valence-corrected chi connectivity index (χ3v) is 5.37. The zero-order chi connectivity index (χ0) is 15.0. The van der Waals surface area contributed by atoms with Crippen LogP contribution < -0.4 is 11.1 Å². The Labute approximate surface area is 122 Å². The summed E-state index contributed by atoms with van der Waals surface area (Å²) in [5.74, 6) is 0.126. The van der Waals surface area contributed by atoms with Gasteiger partial charge in [-0.2, -0.15) is 0 Å². The van der Waals surface area contributed by atoms with Gasteiger partial charge < -0.3 is 15.5 Å². The van der Waals surface area contributed by atoms with E-state index in [1.165, 1.54) is 0 Å². The number of nitrogens with one attached hydrogen (secondary N) is 1. The second-order valence-corrected chi connectivity index (χ2v) is 7.61. The van der Waals surface area contributed by atoms with Gasteiger partial charge in [-0.3, -0.25) is 4.79 Å². The number of anilines is 1. The first-order chi connectivity index (χ1) is 9.93. The van der Waals surface area contributed by atoms with Crippen LogP contribution in [0.25, 0.3) is 11.0 Å². The van der Waals surface area contributed by atoms with E-state index in [4.69, 9.17) is 10.2 Å². The van der Waals surface area contributed by atoms with Crippen LogP contribution in [0.4, 0.5) is 5.69 Å². The standard InChI is InChI=1S/C14H16N2O4S/c15-10-1-2-12-9(7-10)8-13(20-12)14(17)16-11-3-5-21(18,19)6-4-11/h1-2,7-8,11H,3-6,15H2,(H,16,17). The van der Waals surface area contributed by atoms with Crippen molar-refractivity contribution in [3.05, 3.63) is 30.0 Å².